The van der Waals surface area contributed by atoms with Gasteiger partial charge in [0.05, 0.1) is 22.9 Å². The van der Waals surface area contributed by atoms with Crippen LogP contribution in [-0.4, -0.2) is 26.8 Å². The molecule has 0 fully saturated rings. The van der Waals surface area contributed by atoms with Crippen LogP contribution in [0.15, 0.2) is 39.3 Å². The molecule has 0 aliphatic rings. The van der Waals surface area contributed by atoms with Crippen molar-refractivity contribution in [2.75, 3.05) is 11.1 Å². The zero-order chi connectivity index (χ0) is 16.9. The summed E-state index contributed by atoms with van der Waals surface area (Å²) in [6, 6.07) is 6.92. The van der Waals surface area contributed by atoms with Gasteiger partial charge in [-0.05, 0) is 31.2 Å². The number of carbonyl (C=O) groups is 1. The van der Waals surface area contributed by atoms with E-state index in [4.69, 9.17) is 16.0 Å². The maximum Gasteiger partial charge on any atom is 0.277 e. The Balaban J connectivity index is 1.49. The second-order valence-electron chi connectivity index (χ2n) is 4.84. The van der Waals surface area contributed by atoms with Crippen LogP contribution in [0.25, 0.3) is 0 Å². The van der Waals surface area contributed by atoms with Crippen molar-refractivity contribution < 1.29 is 9.21 Å². The molecule has 0 radical (unpaired) electrons. The monoisotopic (exact) mass is 380 g/mol. The number of benzene rings is 1. The van der Waals surface area contributed by atoms with Crippen molar-refractivity contribution >= 4 is 46.3 Å². The molecule has 124 valence electrons. The topological polar surface area (TPSA) is 80.9 Å². The lowest BCUT2D eigenvalue weighted by Gasteiger charge is -2.03. The zero-order valence-corrected chi connectivity index (χ0v) is 15.0. The van der Waals surface area contributed by atoms with E-state index in [-0.39, 0.29) is 11.7 Å². The van der Waals surface area contributed by atoms with Gasteiger partial charge in [-0.1, -0.05) is 23.4 Å². The molecular formula is C15H13ClN4O2S2. The second-order valence-corrected chi connectivity index (χ2v) is 7.27. The third-order valence-corrected chi connectivity index (χ3v) is 4.79. The van der Waals surface area contributed by atoms with E-state index >= 15 is 0 Å². The van der Waals surface area contributed by atoms with Gasteiger partial charge in [-0.15, -0.1) is 21.5 Å². The number of hydrogen-bond donors (Lipinski definition) is 1. The average Bonchev–Trinajstić information content (AvgIpc) is 3.17. The summed E-state index contributed by atoms with van der Waals surface area (Å²) in [5.41, 5.74) is 1.59. The Morgan fingerprint density at radius 2 is 2.12 bits per heavy atom. The predicted molar refractivity (Wildman–Crippen MR) is 94.8 cm³/mol. The van der Waals surface area contributed by atoms with Gasteiger partial charge in [0.15, 0.2) is 0 Å². The molecule has 0 aliphatic heterocycles. The van der Waals surface area contributed by atoms with Crippen molar-refractivity contribution in [3.05, 3.63) is 51.3 Å². The van der Waals surface area contributed by atoms with Crippen molar-refractivity contribution in [2.45, 2.75) is 18.6 Å². The van der Waals surface area contributed by atoms with Crippen LogP contribution in [0.5, 0.6) is 0 Å². The minimum Gasteiger partial charge on any atom is -0.416 e. The second kappa shape index (κ2) is 7.78. The molecular weight excluding hydrogens is 368 g/mol. The normalized spacial score (nSPS) is 10.8. The minimum atomic E-state index is -0.155. The number of thioether (sulfide) groups is 1. The van der Waals surface area contributed by atoms with Crippen LogP contribution in [0.2, 0.25) is 5.02 Å². The highest BCUT2D eigenvalue weighted by molar-refractivity contribution is 7.99. The number of hydrogen-bond acceptors (Lipinski definition) is 7. The first kappa shape index (κ1) is 16.9. The fourth-order valence-corrected chi connectivity index (χ4v) is 3.19. The van der Waals surface area contributed by atoms with Gasteiger partial charge in [0, 0.05) is 16.1 Å². The third-order valence-electron chi connectivity index (χ3n) is 2.90. The molecule has 9 heteroatoms. The molecule has 0 saturated heterocycles. The maximum absolute atomic E-state index is 11.9. The molecule has 2 aromatic heterocycles. The largest absolute Gasteiger partial charge is 0.416 e. The van der Waals surface area contributed by atoms with Crippen molar-refractivity contribution in [2.24, 2.45) is 0 Å². The van der Waals surface area contributed by atoms with E-state index in [2.05, 4.69) is 20.5 Å². The molecule has 1 N–H and O–H groups in total. The Bertz CT molecular complexity index is 832. The molecule has 0 saturated carbocycles. The van der Waals surface area contributed by atoms with E-state index in [0.717, 1.165) is 10.7 Å². The molecule has 0 aliphatic carbocycles. The summed E-state index contributed by atoms with van der Waals surface area (Å²) in [4.78, 5) is 16.3. The molecule has 1 aromatic carbocycles. The number of anilines is 1. The molecule has 3 aromatic rings. The summed E-state index contributed by atoms with van der Waals surface area (Å²) >= 11 is 8.57. The van der Waals surface area contributed by atoms with Crippen LogP contribution < -0.4 is 5.32 Å². The lowest BCUT2D eigenvalue weighted by molar-refractivity contribution is -0.113. The van der Waals surface area contributed by atoms with Gasteiger partial charge < -0.3 is 9.73 Å². The van der Waals surface area contributed by atoms with Gasteiger partial charge in [-0.2, -0.15) is 0 Å². The summed E-state index contributed by atoms with van der Waals surface area (Å²) in [5, 5.41) is 14.6. The molecule has 1 amide bonds. The number of nitrogens with zero attached hydrogens (tertiary/aromatic N) is 3. The Morgan fingerprint density at radius 3 is 2.83 bits per heavy atom. The number of amides is 1. The SMILES string of the molecule is Cc1nc(Cc2nnc(SCC(=O)Nc3ccc(Cl)cc3)o2)cs1. The Kier molecular flexibility index (Phi) is 5.49. The summed E-state index contributed by atoms with van der Waals surface area (Å²) in [6.45, 7) is 1.95. The van der Waals surface area contributed by atoms with E-state index in [9.17, 15) is 4.79 Å². The summed E-state index contributed by atoms with van der Waals surface area (Å²) < 4.78 is 5.52. The molecule has 24 heavy (non-hydrogen) atoms. The summed E-state index contributed by atoms with van der Waals surface area (Å²) in [7, 11) is 0. The van der Waals surface area contributed by atoms with Crippen molar-refractivity contribution in [1.82, 2.24) is 15.2 Å². The van der Waals surface area contributed by atoms with Gasteiger partial charge in [0.1, 0.15) is 0 Å². The van der Waals surface area contributed by atoms with E-state index in [1.807, 2.05) is 12.3 Å². The van der Waals surface area contributed by atoms with Crippen LogP contribution in [0.3, 0.4) is 0 Å². The standard InChI is InChI=1S/C15H13ClN4O2S2/c1-9-17-12(7-23-9)6-14-19-20-15(22-14)24-8-13(21)18-11-4-2-10(16)3-5-11/h2-5,7H,6,8H2,1H3,(H,18,21). The number of thiazole rings is 1. The first-order valence-electron chi connectivity index (χ1n) is 7.00. The molecule has 3 rings (SSSR count). The highest BCUT2D eigenvalue weighted by Gasteiger charge is 2.11. The molecule has 2 heterocycles. The molecule has 0 atom stereocenters. The van der Waals surface area contributed by atoms with Gasteiger partial charge in [-0.3, -0.25) is 4.79 Å². The predicted octanol–water partition coefficient (Wildman–Crippen LogP) is 3.81. The van der Waals surface area contributed by atoms with E-state index in [1.165, 1.54) is 11.8 Å². The molecule has 6 nitrogen and oxygen atoms in total. The van der Waals surface area contributed by atoms with Crippen LogP contribution in [0.1, 0.15) is 16.6 Å². The van der Waals surface area contributed by atoms with Crippen LogP contribution in [0.4, 0.5) is 5.69 Å². The number of rotatable bonds is 6. The molecule has 0 spiro atoms. The Labute approximate surface area is 151 Å². The van der Waals surface area contributed by atoms with Crippen molar-refractivity contribution in [1.29, 1.82) is 0 Å². The lowest BCUT2D eigenvalue weighted by Crippen LogP contribution is -2.13. The number of halogens is 1. The van der Waals surface area contributed by atoms with Crippen molar-refractivity contribution in [3.8, 4) is 0 Å². The molecule has 0 bridgehead atoms. The summed E-state index contributed by atoms with van der Waals surface area (Å²) in [5.74, 6) is 0.512. The van der Waals surface area contributed by atoms with E-state index in [0.29, 0.717) is 28.2 Å². The van der Waals surface area contributed by atoms with Crippen molar-refractivity contribution in [3.63, 3.8) is 0 Å². The van der Waals surface area contributed by atoms with Gasteiger partial charge in [-0.25, -0.2) is 4.98 Å². The fourth-order valence-electron chi connectivity index (χ4n) is 1.87. The van der Waals surface area contributed by atoms with Gasteiger partial charge in [0.25, 0.3) is 5.22 Å². The van der Waals surface area contributed by atoms with Crippen LogP contribution >= 0.6 is 34.7 Å². The van der Waals surface area contributed by atoms with Crippen LogP contribution in [-0.2, 0) is 11.2 Å². The smallest absolute Gasteiger partial charge is 0.277 e. The quantitative estimate of drug-likeness (QED) is 0.655. The first-order valence-corrected chi connectivity index (χ1v) is 9.24. The van der Waals surface area contributed by atoms with E-state index in [1.54, 1.807) is 35.6 Å². The summed E-state index contributed by atoms with van der Waals surface area (Å²) in [6.07, 6.45) is 0.495. The lowest BCUT2D eigenvalue weighted by atomic mass is 10.3. The maximum atomic E-state index is 11.9. The van der Waals surface area contributed by atoms with Gasteiger partial charge >= 0.3 is 0 Å². The average molecular weight is 381 g/mol. The third kappa shape index (κ3) is 4.80. The highest BCUT2D eigenvalue weighted by atomic mass is 35.5. The highest BCUT2D eigenvalue weighted by Crippen LogP contribution is 2.19. The van der Waals surface area contributed by atoms with Crippen LogP contribution in [0, 0.1) is 6.92 Å². The van der Waals surface area contributed by atoms with E-state index < -0.39 is 0 Å². The van der Waals surface area contributed by atoms with Gasteiger partial charge in [0.2, 0.25) is 11.8 Å². The fraction of sp³-hybridized carbons (Fsp3) is 0.200. The zero-order valence-electron chi connectivity index (χ0n) is 12.7. The number of nitrogens with one attached hydrogen (secondary N) is 1. The number of carbonyl (C=O) groups excluding carboxylic acids is 1. The Hall–Kier alpha value is -1.90. The first-order chi connectivity index (χ1) is 11.6. The minimum absolute atomic E-state index is 0.155. The Morgan fingerprint density at radius 1 is 1.33 bits per heavy atom. The number of aryl methyl sites for hydroxylation is 1. The molecule has 0 unspecified atom stereocenters. The number of aromatic nitrogens is 3.